The molecule has 0 aromatic heterocycles. The second-order valence-corrected chi connectivity index (χ2v) is 9.05. The van der Waals surface area contributed by atoms with Crippen molar-refractivity contribution < 1.29 is 4.92 Å². The summed E-state index contributed by atoms with van der Waals surface area (Å²) in [7, 11) is 0. The zero-order valence-corrected chi connectivity index (χ0v) is 17.8. The van der Waals surface area contributed by atoms with Crippen LogP contribution in [-0.2, 0) is 0 Å². The van der Waals surface area contributed by atoms with E-state index in [2.05, 4.69) is 70.9 Å². The summed E-state index contributed by atoms with van der Waals surface area (Å²) >= 11 is 0. The molecule has 32 heavy (non-hydrogen) atoms. The SMILES string of the molecule is O=[N+]([O-])c1ccc2c(c1)N1C(c3ccccc3)=C[C@@H](c3ccccc3)[C@H]3CCCC[C@@]31N2. The third-order valence-electron chi connectivity index (χ3n) is 7.39. The fourth-order valence-corrected chi connectivity index (χ4v) is 6.06. The first-order valence-electron chi connectivity index (χ1n) is 11.4. The largest absolute Gasteiger partial charge is 0.360 e. The summed E-state index contributed by atoms with van der Waals surface area (Å²) in [5, 5.41) is 15.5. The number of nitrogens with zero attached hydrogens (tertiary/aromatic N) is 2. The molecule has 5 heteroatoms. The highest BCUT2D eigenvalue weighted by molar-refractivity contribution is 5.94. The van der Waals surface area contributed by atoms with Crippen molar-refractivity contribution in [1.29, 1.82) is 0 Å². The minimum atomic E-state index is -0.299. The number of rotatable bonds is 3. The molecular formula is C27H25N3O2. The van der Waals surface area contributed by atoms with E-state index in [0.717, 1.165) is 41.9 Å². The summed E-state index contributed by atoms with van der Waals surface area (Å²) in [6.45, 7) is 0. The first-order valence-corrected chi connectivity index (χ1v) is 11.4. The maximum Gasteiger partial charge on any atom is 0.271 e. The average molecular weight is 424 g/mol. The second-order valence-electron chi connectivity index (χ2n) is 9.05. The smallest absolute Gasteiger partial charge is 0.271 e. The van der Waals surface area contributed by atoms with Crippen LogP contribution in [0.2, 0.25) is 0 Å². The number of nitrogens with one attached hydrogen (secondary N) is 1. The van der Waals surface area contributed by atoms with E-state index in [0.29, 0.717) is 5.92 Å². The number of allylic oxidation sites excluding steroid dienone is 1. The van der Waals surface area contributed by atoms with Gasteiger partial charge >= 0.3 is 0 Å². The van der Waals surface area contributed by atoms with Gasteiger partial charge in [-0.15, -0.1) is 0 Å². The second kappa shape index (κ2) is 7.23. The van der Waals surface area contributed by atoms with Crippen molar-refractivity contribution in [2.75, 3.05) is 10.2 Å². The zero-order valence-electron chi connectivity index (χ0n) is 17.8. The van der Waals surface area contributed by atoms with Gasteiger partial charge in [-0.05, 0) is 36.5 Å². The average Bonchev–Trinajstić information content (AvgIpc) is 3.17. The maximum atomic E-state index is 11.6. The lowest BCUT2D eigenvalue weighted by Gasteiger charge is -2.54. The van der Waals surface area contributed by atoms with Gasteiger partial charge in [0.1, 0.15) is 5.66 Å². The summed E-state index contributed by atoms with van der Waals surface area (Å²) < 4.78 is 0. The molecule has 0 amide bonds. The van der Waals surface area contributed by atoms with Crippen molar-refractivity contribution in [3.05, 3.63) is 106 Å². The van der Waals surface area contributed by atoms with Gasteiger partial charge in [-0.1, -0.05) is 73.2 Å². The lowest BCUT2D eigenvalue weighted by Crippen LogP contribution is -2.60. The number of fused-ring (bicyclic) bond motifs is 2. The Hall–Kier alpha value is -3.60. The predicted molar refractivity (Wildman–Crippen MR) is 127 cm³/mol. The first kappa shape index (κ1) is 19.1. The quantitative estimate of drug-likeness (QED) is 0.383. The molecule has 2 heterocycles. The van der Waals surface area contributed by atoms with Crippen molar-refractivity contribution in [3.8, 4) is 0 Å². The molecule has 1 spiro atoms. The molecule has 1 saturated carbocycles. The molecule has 2 aliphatic heterocycles. The van der Waals surface area contributed by atoms with E-state index in [1.807, 2.05) is 12.1 Å². The molecule has 0 bridgehead atoms. The summed E-state index contributed by atoms with van der Waals surface area (Å²) in [6, 6.07) is 26.4. The Balaban J connectivity index is 1.60. The summed E-state index contributed by atoms with van der Waals surface area (Å²) in [4.78, 5) is 13.7. The van der Waals surface area contributed by atoms with Crippen molar-refractivity contribution in [1.82, 2.24) is 0 Å². The predicted octanol–water partition coefficient (Wildman–Crippen LogP) is 6.55. The highest BCUT2D eigenvalue weighted by atomic mass is 16.6. The lowest BCUT2D eigenvalue weighted by molar-refractivity contribution is -0.384. The number of anilines is 2. The van der Waals surface area contributed by atoms with Crippen molar-refractivity contribution >= 4 is 22.8 Å². The van der Waals surface area contributed by atoms with Gasteiger partial charge in [0, 0.05) is 29.7 Å². The number of nitro benzene ring substituents is 1. The van der Waals surface area contributed by atoms with Crippen LogP contribution in [-0.4, -0.2) is 10.6 Å². The van der Waals surface area contributed by atoms with Gasteiger partial charge in [0.2, 0.25) is 0 Å². The molecule has 3 aromatic rings. The van der Waals surface area contributed by atoms with Gasteiger partial charge in [0.25, 0.3) is 5.69 Å². The van der Waals surface area contributed by atoms with Crippen LogP contribution in [0.3, 0.4) is 0 Å². The van der Waals surface area contributed by atoms with Crippen LogP contribution in [0.1, 0.15) is 42.7 Å². The molecule has 3 aromatic carbocycles. The Morgan fingerprint density at radius 3 is 2.47 bits per heavy atom. The Labute approximate surface area is 187 Å². The van der Waals surface area contributed by atoms with Crippen LogP contribution >= 0.6 is 0 Å². The normalized spacial score (nSPS) is 25.8. The minimum absolute atomic E-state index is 0.132. The summed E-state index contributed by atoms with van der Waals surface area (Å²) in [5.74, 6) is 0.650. The van der Waals surface area contributed by atoms with Gasteiger partial charge < -0.3 is 10.2 Å². The van der Waals surface area contributed by atoms with Crippen LogP contribution in [0, 0.1) is 16.0 Å². The van der Waals surface area contributed by atoms with E-state index in [9.17, 15) is 10.1 Å². The molecule has 3 aliphatic rings. The van der Waals surface area contributed by atoms with E-state index in [-0.39, 0.29) is 22.2 Å². The first-order chi connectivity index (χ1) is 15.7. The van der Waals surface area contributed by atoms with E-state index in [1.165, 1.54) is 12.0 Å². The summed E-state index contributed by atoms with van der Waals surface area (Å²) in [6.07, 6.45) is 6.87. The van der Waals surface area contributed by atoms with Crippen LogP contribution in [0.4, 0.5) is 17.1 Å². The van der Waals surface area contributed by atoms with Crippen molar-refractivity contribution in [2.24, 2.45) is 5.92 Å². The highest BCUT2D eigenvalue weighted by Crippen LogP contribution is 2.59. The molecule has 5 nitrogen and oxygen atoms in total. The molecule has 1 N–H and O–H groups in total. The third kappa shape index (κ3) is 2.77. The van der Waals surface area contributed by atoms with E-state index < -0.39 is 0 Å². The fourth-order valence-electron chi connectivity index (χ4n) is 6.06. The Morgan fingerprint density at radius 1 is 0.969 bits per heavy atom. The number of non-ortho nitro benzene ring substituents is 1. The van der Waals surface area contributed by atoms with Gasteiger partial charge in [0.15, 0.2) is 0 Å². The number of nitro groups is 1. The highest BCUT2D eigenvalue weighted by Gasteiger charge is 2.56. The van der Waals surface area contributed by atoms with Crippen LogP contribution in [0.5, 0.6) is 0 Å². The van der Waals surface area contributed by atoms with E-state index in [4.69, 9.17) is 0 Å². The Bertz CT molecular complexity index is 1210. The lowest BCUT2D eigenvalue weighted by atomic mass is 9.66. The molecule has 1 aliphatic carbocycles. The monoisotopic (exact) mass is 423 g/mol. The molecule has 0 unspecified atom stereocenters. The fraction of sp³-hybridized carbons (Fsp3) is 0.259. The van der Waals surface area contributed by atoms with E-state index >= 15 is 0 Å². The number of hydrogen-bond donors (Lipinski definition) is 1. The third-order valence-corrected chi connectivity index (χ3v) is 7.39. The minimum Gasteiger partial charge on any atom is -0.360 e. The molecule has 1 fully saturated rings. The van der Waals surface area contributed by atoms with Crippen LogP contribution in [0.25, 0.3) is 5.70 Å². The molecule has 3 atom stereocenters. The standard InChI is InChI=1S/C27H25N3O2/c31-30(32)21-14-15-24-26(17-21)29-25(20-11-5-2-6-12-20)18-22(19-9-3-1-4-10-19)23-13-7-8-16-27(23,29)28-24/h1-6,9-12,14-15,17-18,22-23,28H,7-8,13,16H2/t22-,23+,27-/m0/s1. The number of benzene rings is 3. The molecule has 6 rings (SSSR count). The van der Waals surface area contributed by atoms with Crippen molar-refractivity contribution in [2.45, 2.75) is 37.3 Å². The van der Waals surface area contributed by atoms with Gasteiger partial charge in [0.05, 0.1) is 16.3 Å². The maximum absolute atomic E-state index is 11.6. The summed E-state index contributed by atoms with van der Waals surface area (Å²) in [5.41, 5.74) is 5.34. The molecular weight excluding hydrogens is 398 g/mol. The van der Waals surface area contributed by atoms with Crippen LogP contribution < -0.4 is 10.2 Å². The van der Waals surface area contributed by atoms with Gasteiger partial charge in [-0.25, -0.2) is 0 Å². The van der Waals surface area contributed by atoms with Crippen LogP contribution in [0.15, 0.2) is 84.9 Å². The molecule has 0 saturated heterocycles. The zero-order chi connectivity index (χ0) is 21.7. The number of hydrogen-bond acceptors (Lipinski definition) is 4. The van der Waals surface area contributed by atoms with Gasteiger partial charge in [-0.3, -0.25) is 10.1 Å². The molecule has 0 radical (unpaired) electrons. The van der Waals surface area contributed by atoms with E-state index in [1.54, 1.807) is 12.1 Å². The topological polar surface area (TPSA) is 58.4 Å². The molecule has 160 valence electrons. The van der Waals surface area contributed by atoms with Crippen molar-refractivity contribution in [3.63, 3.8) is 0 Å². The Morgan fingerprint density at radius 2 is 1.72 bits per heavy atom. The van der Waals surface area contributed by atoms with Gasteiger partial charge in [-0.2, -0.15) is 0 Å². The Kier molecular flexibility index (Phi) is 4.32.